The summed E-state index contributed by atoms with van der Waals surface area (Å²) < 4.78 is 28.5. The molecule has 1 aliphatic rings. The van der Waals surface area contributed by atoms with E-state index in [1.165, 1.54) is 12.1 Å². The first-order valence-corrected chi connectivity index (χ1v) is 8.19. The van der Waals surface area contributed by atoms with E-state index in [0.717, 1.165) is 24.8 Å². The predicted molar refractivity (Wildman–Crippen MR) is 86.4 cm³/mol. The van der Waals surface area contributed by atoms with Crippen molar-refractivity contribution in [2.75, 3.05) is 0 Å². The Hall–Kier alpha value is -1.41. The van der Waals surface area contributed by atoms with E-state index in [1.54, 1.807) is 0 Å². The van der Waals surface area contributed by atoms with E-state index in [1.807, 2.05) is 24.3 Å². The molecule has 1 aliphatic carbocycles. The smallest absolute Gasteiger partial charge is 0.127 e. The fourth-order valence-electron chi connectivity index (χ4n) is 3.66. The summed E-state index contributed by atoms with van der Waals surface area (Å²) in [5, 5.41) is 0.692. The quantitative estimate of drug-likeness (QED) is 0.658. The van der Waals surface area contributed by atoms with E-state index in [-0.39, 0.29) is 17.6 Å². The minimum atomic E-state index is -0.271. The molecule has 0 heterocycles. The average molecular weight is 321 g/mol. The maximum absolute atomic E-state index is 14.4. The minimum Gasteiger partial charge on any atom is -0.207 e. The Morgan fingerprint density at radius 3 is 2.41 bits per heavy atom. The Morgan fingerprint density at radius 2 is 1.73 bits per heavy atom. The number of hydrogen-bond donors (Lipinski definition) is 0. The molecule has 2 aromatic rings. The van der Waals surface area contributed by atoms with Gasteiger partial charge in [-0.15, -0.1) is 0 Å². The molecule has 0 fully saturated rings. The molecule has 2 atom stereocenters. The fraction of sp³-hybridized carbons (Fsp3) is 0.368. The first-order chi connectivity index (χ1) is 10.6. The van der Waals surface area contributed by atoms with Gasteiger partial charge in [0.2, 0.25) is 0 Å². The Labute approximate surface area is 135 Å². The van der Waals surface area contributed by atoms with Crippen LogP contribution in [0.2, 0.25) is 5.02 Å². The van der Waals surface area contributed by atoms with E-state index in [0.29, 0.717) is 28.5 Å². The Bertz CT molecular complexity index is 664. The summed E-state index contributed by atoms with van der Waals surface area (Å²) in [7, 11) is 0. The van der Waals surface area contributed by atoms with Crippen molar-refractivity contribution >= 4 is 11.6 Å². The number of hydrogen-bond acceptors (Lipinski definition) is 0. The van der Waals surface area contributed by atoms with Crippen LogP contribution in [0, 0.1) is 17.6 Å². The maximum atomic E-state index is 14.4. The second kappa shape index (κ2) is 6.37. The molecule has 3 heteroatoms. The van der Waals surface area contributed by atoms with Crippen LogP contribution < -0.4 is 0 Å². The number of rotatable bonds is 3. The van der Waals surface area contributed by atoms with Gasteiger partial charge < -0.3 is 0 Å². The van der Waals surface area contributed by atoms with Crippen molar-refractivity contribution < 1.29 is 8.78 Å². The topological polar surface area (TPSA) is 0 Å². The lowest BCUT2D eigenvalue weighted by molar-refractivity contribution is 0.341. The van der Waals surface area contributed by atoms with Gasteiger partial charge in [0, 0.05) is 5.02 Å². The van der Waals surface area contributed by atoms with E-state index < -0.39 is 0 Å². The van der Waals surface area contributed by atoms with Crippen LogP contribution in [0.5, 0.6) is 0 Å². The largest absolute Gasteiger partial charge is 0.207 e. The third kappa shape index (κ3) is 2.89. The zero-order chi connectivity index (χ0) is 15.7. The first-order valence-electron chi connectivity index (χ1n) is 7.81. The molecule has 0 N–H and O–H groups in total. The number of halogens is 3. The predicted octanol–water partition coefficient (Wildman–Crippen LogP) is 5.92. The van der Waals surface area contributed by atoms with Crippen molar-refractivity contribution in [2.45, 2.75) is 38.5 Å². The molecule has 0 saturated heterocycles. The molecule has 0 amide bonds. The van der Waals surface area contributed by atoms with Gasteiger partial charge in [-0.25, -0.2) is 8.78 Å². The highest BCUT2D eigenvalue weighted by Crippen LogP contribution is 2.42. The molecule has 0 radical (unpaired) electrons. The summed E-state index contributed by atoms with van der Waals surface area (Å²) in [6.45, 7) is 2.13. The molecule has 0 aromatic heterocycles. The van der Waals surface area contributed by atoms with Gasteiger partial charge in [-0.2, -0.15) is 0 Å². The van der Waals surface area contributed by atoms with Crippen LogP contribution in [-0.4, -0.2) is 0 Å². The van der Waals surface area contributed by atoms with Gasteiger partial charge >= 0.3 is 0 Å². The first kappa shape index (κ1) is 15.5. The normalized spacial score (nSPS) is 20.7. The van der Waals surface area contributed by atoms with E-state index >= 15 is 0 Å². The zero-order valence-electron chi connectivity index (χ0n) is 12.6. The summed E-state index contributed by atoms with van der Waals surface area (Å²) >= 11 is 5.93. The summed E-state index contributed by atoms with van der Waals surface area (Å²) in [6, 6.07) is 10.2. The maximum Gasteiger partial charge on any atom is 0.127 e. The highest BCUT2D eigenvalue weighted by atomic mass is 35.5. The van der Waals surface area contributed by atoms with Crippen LogP contribution in [-0.2, 0) is 12.8 Å². The molecular formula is C19H19ClF2. The van der Waals surface area contributed by atoms with Gasteiger partial charge in [0.25, 0.3) is 0 Å². The molecule has 0 spiro atoms. The second-order valence-corrected chi connectivity index (χ2v) is 6.50. The van der Waals surface area contributed by atoms with Crippen LogP contribution in [0.1, 0.15) is 42.4 Å². The molecule has 116 valence electrons. The van der Waals surface area contributed by atoms with Crippen LogP contribution in [0.3, 0.4) is 0 Å². The third-order valence-electron chi connectivity index (χ3n) is 4.84. The average Bonchev–Trinajstić information content (AvgIpc) is 2.53. The standard InChI is InChI=1S/C19H19ClF2/c1-2-13-5-8-15-17(21)9-10-18(22)19(15)16(13)11-12-3-6-14(20)7-4-12/h3-4,6-7,9-10,13,16H,2,5,8,11H2,1H3/t13-,16+/m0/s1. The Kier molecular flexibility index (Phi) is 4.49. The lowest BCUT2D eigenvalue weighted by Crippen LogP contribution is -2.24. The lowest BCUT2D eigenvalue weighted by Gasteiger charge is -2.34. The van der Waals surface area contributed by atoms with Crippen LogP contribution >= 0.6 is 11.6 Å². The van der Waals surface area contributed by atoms with Gasteiger partial charge in [-0.05, 0) is 72.1 Å². The van der Waals surface area contributed by atoms with Crippen molar-refractivity contribution in [3.8, 4) is 0 Å². The van der Waals surface area contributed by atoms with Crippen molar-refractivity contribution in [3.05, 3.63) is 69.7 Å². The van der Waals surface area contributed by atoms with Gasteiger partial charge in [-0.1, -0.05) is 37.1 Å². The Balaban J connectivity index is 2.01. The van der Waals surface area contributed by atoms with Crippen LogP contribution in [0.4, 0.5) is 8.78 Å². The highest BCUT2D eigenvalue weighted by molar-refractivity contribution is 6.30. The molecule has 0 unspecified atom stereocenters. The molecule has 0 bridgehead atoms. The third-order valence-corrected chi connectivity index (χ3v) is 5.10. The van der Waals surface area contributed by atoms with Crippen LogP contribution in [0.15, 0.2) is 36.4 Å². The summed E-state index contributed by atoms with van der Waals surface area (Å²) in [4.78, 5) is 0. The minimum absolute atomic E-state index is 0.0330. The fourth-order valence-corrected chi connectivity index (χ4v) is 3.79. The number of fused-ring (bicyclic) bond motifs is 1. The van der Waals surface area contributed by atoms with Crippen molar-refractivity contribution in [1.29, 1.82) is 0 Å². The molecule has 3 rings (SSSR count). The molecule has 0 saturated carbocycles. The Morgan fingerprint density at radius 1 is 1.05 bits per heavy atom. The SMILES string of the molecule is CC[C@H]1CCc2c(F)ccc(F)c2[C@@H]1Cc1ccc(Cl)cc1. The molecular weight excluding hydrogens is 302 g/mol. The molecule has 22 heavy (non-hydrogen) atoms. The summed E-state index contributed by atoms with van der Waals surface area (Å²) in [6.07, 6.45) is 3.26. The van der Waals surface area contributed by atoms with E-state index in [9.17, 15) is 8.78 Å². The molecule has 0 nitrogen and oxygen atoms in total. The summed E-state index contributed by atoms with van der Waals surface area (Å²) in [5.41, 5.74) is 2.28. The second-order valence-electron chi connectivity index (χ2n) is 6.07. The van der Waals surface area contributed by atoms with Crippen LogP contribution in [0.25, 0.3) is 0 Å². The van der Waals surface area contributed by atoms with Gasteiger partial charge in [-0.3, -0.25) is 0 Å². The van der Waals surface area contributed by atoms with Crippen molar-refractivity contribution in [3.63, 3.8) is 0 Å². The highest BCUT2D eigenvalue weighted by Gasteiger charge is 2.32. The van der Waals surface area contributed by atoms with E-state index in [2.05, 4.69) is 6.92 Å². The number of benzene rings is 2. The van der Waals surface area contributed by atoms with E-state index in [4.69, 9.17) is 11.6 Å². The van der Waals surface area contributed by atoms with Crippen molar-refractivity contribution in [1.82, 2.24) is 0 Å². The van der Waals surface area contributed by atoms with Gasteiger partial charge in [0.1, 0.15) is 11.6 Å². The summed E-state index contributed by atoms with van der Waals surface area (Å²) in [5.74, 6) is -0.120. The zero-order valence-corrected chi connectivity index (χ0v) is 13.3. The van der Waals surface area contributed by atoms with Crippen molar-refractivity contribution in [2.24, 2.45) is 5.92 Å². The molecule has 2 aromatic carbocycles. The van der Waals surface area contributed by atoms with Gasteiger partial charge in [0.05, 0.1) is 0 Å². The molecule has 0 aliphatic heterocycles. The van der Waals surface area contributed by atoms with Gasteiger partial charge in [0.15, 0.2) is 0 Å². The lowest BCUT2D eigenvalue weighted by atomic mass is 9.71. The monoisotopic (exact) mass is 320 g/mol.